The number of halogens is 1. The van der Waals surface area contributed by atoms with Crippen LogP contribution in [0.4, 0.5) is 14.9 Å². The number of nitrogens with zero attached hydrogens (tertiary/aromatic N) is 5. The SMILES string of the molecule is CC(=O)NC[C@H]1Cn2nc3c(c2C(=O)N(C)O1)CN(C(=O)Nc1ccc(F)c(C#N)c1)[C@H](C)C3. The fraction of sp³-hybridized carbons (Fsp3) is 0.409. The van der Waals surface area contributed by atoms with Gasteiger partial charge in [-0.05, 0) is 25.1 Å². The summed E-state index contributed by atoms with van der Waals surface area (Å²) in [6.07, 6.45) is -0.0609. The van der Waals surface area contributed by atoms with Crippen molar-refractivity contribution in [2.45, 2.75) is 45.5 Å². The van der Waals surface area contributed by atoms with Crippen LogP contribution in [-0.2, 0) is 29.1 Å². The molecule has 1 aromatic heterocycles. The number of carbonyl (C=O) groups is 3. The monoisotopic (exact) mass is 469 g/mol. The summed E-state index contributed by atoms with van der Waals surface area (Å²) in [6.45, 7) is 3.88. The van der Waals surface area contributed by atoms with E-state index < -0.39 is 23.9 Å². The van der Waals surface area contributed by atoms with Gasteiger partial charge < -0.3 is 15.5 Å². The van der Waals surface area contributed by atoms with Crippen molar-refractivity contribution in [2.24, 2.45) is 0 Å². The summed E-state index contributed by atoms with van der Waals surface area (Å²) in [5.41, 5.74) is 1.81. The van der Waals surface area contributed by atoms with E-state index in [1.165, 1.54) is 26.1 Å². The van der Waals surface area contributed by atoms with E-state index in [0.717, 1.165) is 16.8 Å². The Morgan fingerprint density at radius 2 is 2.15 bits per heavy atom. The molecule has 2 aromatic rings. The molecule has 178 valence electrons. The van der Waals surface area contributed by atoms with Crippen molar-refractivity contribution < 1.29 is 23.6 Å². The Morgan fingerprint density at radius 1 is 1.38 bits per heavy atom. The van der Waals surface area contributed by atoms with E-state index in [4.69, 9.17) is 10.1 Å². The molecule has 0 aliphatic carbocycles. The summed E-state index contributed by atoms with van der Waals surface area (Å²) >= 11 is 0. The summed E-state index contributed by atoms with van der Waals surface area (Å²) < 4.78 is 15.2. The summed E-state index contributed by atoms with van der Waals surface area (Å²) in [6, 6.07) is 4.85. The maximum absolute atomic E-state index is 13.6. The molecule has 0 radical (unpaired) electrons. The number of fused-ring (bicyclic) bond motifs is 3. The van der Waals surface area contributed by atoms with Gasteiger partial charge in [0.05, 0.1) is 24.3 Å². The largest absolute Gasteiger partial charge is 0.354 e. The summed E-state index contributed by atoms with van der Waals surface area (Å²) in [7, 11) is 1.50. The van der Waals surface area contributed by atoms with Crippen LogP contribution in [0.3, 0.4) is 0 Å². The zero-order valence-electron chi connectivity index (χ0n) is 19.0. The van der Waals surface area contributed by atoms with Crippen LogP contribution in [-0.4, -0.2) is 63.3 Å². The van der Waals surface area contributed by atoms with Crippen molar-refractivity contribution in [3.05, 3.63) is 46.5 Å². The number of hydroxylamine groups is 2. The quantitative estimate of drug-likeness (QED) is 0.698. The first-order chi connectivity index (χ1) is 16.2. The number of hydrogen-bond acceptors (Lipinski definition) is 6. The van der Waals surface area contributed by atoms with Gasteiger partial charge in [-0.2, -0.15) is 10.4 Å². The van der Waals surface area contributed by atoms with Crippen LogP contribution in [0.25, 0.3) is 0 Å². The van der Waals surface area contributed by atoms with Gasteiger partial charge in [0, 0.05) is 44.2 Å². The first-order valence-electron chi connectivity index (χ1n) is 10.7. The van der Waals surface area contributed by atoms with Crippen molar-refractivity contribution in [2.75, 3.05) is 18.9 Å². The average Bonchev–Trinajstić information content (AvgIpc) is 3.07. The van der Waals surface area contributed by atoms with Crippen LogP contribution < -0.4 is 10.6 Å². The highest BCUT2D eigenvalue weighted by Crippen LogP contribution is 2.29. The number of aromatic nitrogens is 2. The molecule has 0 bridgehead atoms. The standard InChI is InChI=1S/C22H24FN7O4/c1-12-6-19-17(11-29(12)22(33)26-15-4-5-18(23)14(7-15)8-24)20-21(32)28(3)34-16(9-25-13(2)31)10-30(20)27-19/h4-5,7,12,16H,6,9-11H2,1-3H3,(H,25,31)(H,26,33)/t12-,16+/m1/s1. The number of benzene rings is 1. The second-order valence-corrected chi connectivity index (χ2v) is 8.34. The molecular weight excluding hydrogens is 445 g/mol. The molecule has 11 nitrogen and oxygen atoms in total. The zero-order chi connectivity index (χ0) is 24.6. The minimum Gasteiger partial charge on any atom is -0.354 e. The highest BCUT2D eigenvalue weighted by molar-refractivity contribution is 5.94. The van der Waals surface area contributed by atoms with Crippen molar-refractivity contribution in [3.63, 3.8) is 0 Å². The van der Waals surface area contributed by atoms with E-state index in [2.05, 4.69) is 15.7 Å². The maximum atomic E-state index is 13.6. The number of urea groups is 1. The third kappa shape index (κ3) is 4.42. The van der Waals surface area contributed by atoms with Gasteiger partial charge in [-0.25, -0.2) is 14.2 Å². The van der Waals surface area contributed by atoms with Gasteiger partial charge in [0.15, 0.2) is 0 Å². The molecule has 2 aliphatic rings. The summed E-state index contributed by atoms with van der Waals surface area (Å²) in [4.78, 5) is 44.6. The van der Waals surface area contributed by atoms with E-state index in [1.807, 2.05) is 6.92 Å². The van der Waals surface area contributed by atoms with Crippen molar-refractivity contribution in [1.29, 1.82) is 5.26 Å². The number of hydrogen-bond donors (Lipinski definition) is 2. The fourth-order valence-electron chi connectivity index (χ4n) is 4.13. The van der Waals surface area contributed by atoms with Gasteiger partial charge in [0.1, 0.15) is 23.7 Å². The number of anilines is 1. The molecule has 2 aliphatic heterocycles. The van der Waals surface area contributed by atoms with Crippen LogP contribution >= 0.6 is 0 Å². The number of carbonyl (C=O) groups excluding carboxylic acids is 3. The van der Waals surface area contributed by atoms with Gasteiger partial charge >= 0.3 is 6.03 Å². The van der Waals surface area contributed by atoms with E-state index in [9.17, 15) is 18.8 Å². The molecule has 1 aromatic carbocycles. The molecule has 2 atom stereocenters. The lowest BCUT2D eigenvalue weighted by molar-refractivity contribution is -0.148. The van der Waals surface area contributed by atoms with Crippen LogP contribution in [0.5, 0.6) is 0 Å². The van der Waals surface area contributed by atoms with Crippen LogP contribution in [0, 0.1) is 17.1 Å². The Labute approximate surface area is 195 Å². The second kappa shape index (κ2) is 9.11. The van der Waals surface area contributed by atoms with Crippen LogP contribution in [0.1, 0.15) is 41.2 Å². The van der Waals surface area contributed by atoms with Gasteiger partial charge in [-0.3, -0.25) is 19.1 Å². The van der Waals surface area contributed by atoms with E-state index in [-0.39, 0.29) is 37.1 Å². The van der Waals surface area contributed by atoms with Crippen molar-refractivity contribution in [3.8, 4) is 6.07 Å². The average molecular weight is 469 g/mol. The van der Waals surface area contributed by atoms with E-state index in [1.54, 1.807) is 15.7 Å². The second-order valence-electron chi connectivity index (χ2n) is 8.34. The molecule has 0 saturated carbocycles. The Bertz CT molecular complexity index is 1200. The molecule has 4 rings (SSSR count). The molecule has 34 heavy (non-hydrogen) atoms. The van der Waals surface area contributed by atoms with Crippen LogP contribution in [0.15, 0.2) is 18.2 Å². The molecule has 3 heterocycles. The Hall–Kier alpha value is -3.98. The van der Waals surface area contributed by atoms with Crippen molar-refractivity contribution >= 4 is 23.5 Å². The number of amides is 4. The predicted molar refractivity (Wildman–Crippen MR) is 117 cm³/mol. The van der Waals surface area contributed by atoms with Gasteiger partial charge in [0.25, 0.3) is 5.91 Å². The molecule has 4 amide bonds. The fourth-order valence-corrected chi connectivity index (χ4v) is 4.13. The first kappa shape index (κ1) is 23.2. The lowest BCUT2D eigenvalue weighted by Crippen LogP contribution is -2.45. The first-order valence-corrected chi connectivity index (χ1v) is 10.7. The summed E-state index contributed by atoms with van der Waals surface area (Å²) in [5, 5.41) is 20.1. The summed E-state index contributed by atoms with van der Waals surface area (Å²) in [5.74, 6) is -1.27. The topological polar surface area (TPSA) is 133 Å². The number of rotatable bonds is 3. The predicted octanol–water partition coefficient (Wildman–Crippen LogP) is 1.39. The molecule has 0 unspecified atom stereocenters. The third-order valence-corrected chi connectivity index (χ3v) is 5.83. The molecule has 0 saturated heterocycles. The van der Waals surface area contributed by atoms with Gasteiger partial charge in [0.2, 0.25) is 5.91 Å². The zero-order valence-corrected chi connectivity index (χ0v) is 19.0. The smallest absolute Gasteiger partial charge is 0.322 e. The highest BCUT2D eigenvalue weighted by Gasteiger charge is 2.37. The minimum absolute atomic E-state index is 0.139. The Kier molecular flexibility index (Phi) is 6.21. The third-order valence-electron chi connectivity index (χ3n) is 5.83. The normalized spacial score (nSPS) is 19.6. The molecule has 12 heteroatoms. The molecule has 0 spiro atoms. The van der Waals surface area contributed by atoms with Gasteiger partial charge in [-0.1, -0.05) is 0 Å². The molecule has 0 fully saturated rings. The van der Waals surface area contributed by atoms with E-state index >= 15 is 0 Å². The van der Waals surface area contributed by atoms with E-state index in [0.29, 0.717) is 23.4 Å². The van der Waals surface area contributed by atoms with Gasteiger partial charge in [-0.15, -0.1) is 0 Å². The molecule has 2 N–H and O–H groups in total. The lowest BCUT2D eigenvalue weighted by atomic mass is 9.99. The van der Waals surface area contributed by atoms with Crippen LogP contribution in [0.2, 0.25) is 0 Å². The molecular formula is C22H24FN7O4. The maximum Gasteiger partial charge on any atom is 0.322 e. The lowest BCUT2D eigenvalue weighted by Gasteiger charge is -2.33. The van der Waals surface area contributed by atoms with Crippen molar-refractivity contribution in [1.82, 2.24) is 25.1 Å². The highest BCUT2D eigenvalue weighted by atomic mass is 19.1. The Morgan fingerprint density at radius 3 is 2.85 bits per heavy atom. The number of nitrogens with one attached hydrogen (secondary N) is 2. The number of nitriles is 1. The minimum atomic E-state index is -0.666. The Balaban J connectivity index is 1.58.